The van der Waals surface area contributed by atoms with Crippen LogP contribution >= 0.6 is 15.9 Å². The average Bonchev–Trinajstić information content (AvgIpc) is 2.60. The predicted octanol–water partition coefficient (Wildman–Crippen LogP) is 4.43. The number of likely N-dealkylation sites (N-methyl/N-ethyl adjacent to an activating group) is 1. The number of hydrogen-bond donors (Lipinski definition) is 0. The smallest absolute Gasteiger partial charge is 0.120 e. The highest BCUT2D eigenvalue weighted by atomic mass is 79.9. The second-order valence-electron chi connectivity index (χ2n) is 5.48. The quantitative estimate of drug-likeness (QED) is 0.593. The fraction of sp³-hybridized carbons (Fsp3) is 0.300. The van der Waals surface area contributed by atoms with Crippen LogP contribution in [0.3, 0.4) is 0 Å². The predicted molar refractivity (Wildman–Crippen MR) is 102 cm³/mol. The van der Waals surface area contributed by atoms with Crippen LogP contribution in [0.25, 0.3) is 11.1 Å². The second kappa shape index (κ2) is 10.3. The van der Waals surface area contributed by atoms with Gasteiger partial charge >= 0.3 is 0 Å². The van der Waals surface area contributed by atoms with Gasteiger partial charge in [0.1, 0.15) is 12.4 Å². The topological polar surface area (TPSA) is 21.7 Å². The summed E-state index contributed by atoms with van der Waals surface area (Å²) in [5, 5.41) is 0. The van der Waals surface area contributed by atoms with Crippen LogP contribution in [0.4, 0.5) is 0 Å². The third-order valence-electron chi connectivity index (χ3n) is 3.54. The van der Waals surface area contributed by atoms with E-state index < -0.39 is 0 Å². The van der Waals surface area contributed by atoms with E-state index in [4.69, 9.17) is 9.47 Å². The zero-order valence-corrected chi connectivity index (χ0v) is 15.8. The Morgan fingerprint density at radius 1 is 1.17 bits per heavy atom. The van der Waals surface area contributed by atoms with Crippen molar-refractivity contribution in [3.05, 3.63) is 65.2 Å². The first kappa shape index (κ1) is 18.7. The molecule has 0 N–H and O–H groups in total. The normalized spacial score (nSPS) is 11.3. The molecule has 0 unspecified atom stereocenters. The van der Waals surface area contributed by atoms with Crippen LogP contribution in [0.2, 0.25) is 0 Å². The van der Waals surface area contributed by atoms with Gasteiger partial charge in [0.05, 0.1) is 6.61 Å². The lowest BCUT2D eigenvalue weighted by molar-refractivity contribution is 0.166. The lowest BCUT2D eigenvalue weighted by Crippen LogP contribution is -2.22. The molecule has 2 aromatic rings. The highest BCUT2D eigenvalue weighted by Crippen LogP contribution is 2.24. The van der Waals surface area contributed by atoms with Gasteiger partial charge in [-0.15, -0.1) is 0 Å². The van der Waals surface area contributed by atoms with Crippen LogP contribution < -0.4 is 4.74 Å². The summed E-state index contributed by atoms with van der Waals surface area (Å²) in [5.74, 6) is 0.851. The van der Waals surface area contributed by atoms with Crippen LogP contribution in [0.15, 0.2) is 59.1 Å². The minimum Gasteiger partial charge on any atom is -0.490 e. The fourth-order valence-electron chi connectivity index (χ4n) is 2.14. The van der Waals surface area contributed by atoms with E-state index >= 15 is 0 Å². The van der Waals surface area contributed by atoms with Crippen molar-refractivity contribution in [2.24, 2.45) is 0 Å². The Morgan fingerprint density at radius 3 is 2.71 bits per heavy atom. The number of nitrogens with zero attached hydrogens (tertiary/aromatic N) is 1. The Morgan fingerprint density at radius 2 is 1.96 bits per heavy atom. The summed E-state index contributed by atoms with van der Waals surface area (Å²) < 4.78 is 11.9. The maximum absolute atomic E-state index is 5.80. The van der Waals surface area contributed by atoms with Gasteiger partial charge < -0.3 is 14.4 Å². The lowest BCUT2D eigenvalue weighted by Gasteiger charge is -2.12. The van der Waals surface area contributed by atoms with Crippen molar-refractivity contribution in [1.29, 1.82) is 0 Å². The zero-order chi connectivity index (χ0) is 17.2. The molecule has 0 aliphatic carbocycles. The molecule has 0 amide bonds. The van der Waals surface area contributed by atoms with Gasteiger partial charge in [0.2, 0.25) is 0 Å². The largest absolute Gasteiger partial charge is 0.490 e. The molecule has 0 atom stereocenters. The monoisotopic (exact) mass is 388 g/mol. The molecule has 0 aromatic heterocycles. The molecule has 0 saturated heterocycles. The van der Waals surface area contributed by atoms with Crippen molar-refractivity contribution in [1.82, 2.24) is 4.90 Å². The highest BCUT2D eigenvalue weighted by molar-refractivity contribution is 9.10. The van der Waals surface area contributed by atoms with E-state index in [0.29, 0.717) is 6.61 Å². The fourth-order valence-corrected chi connectivity index (χ4v) is 2.40. The van der Waals surface area contributed by atoms with Crippen molar-refractivity contribution in [2.45, 2.75) is 0 Å². The molecular weight excluding hydrogens is 366 g/mol. The van der Waals surface area contributed by atoms with Crippen LogP contribution in [0.1, 0.15) is 0 Å². The minimum absolute atomic E-state index is 0.557. The molecule has 0 heterocycles. The van der Waals surface area contributed by atoms with Gasteiger partial charge in [-0.1, -0.05) is 46.3 Å². The molecule has 0 aliphatic heterocycles. The van der Waals surface area contributed by atoms with Crippen molar-refractivity contribution >= 4 is 15.9 Å². The summed E-state index contributed by atoms with van der Waals surface area (Å²) in [6.07, 6.45) is 4.15. The molecule has 0 saturated carbocycles. The summed E-state index contributed by atoms with van der Waals surface area (Å²) in [6.45, 7) is 3.12. The minimum atomic E-state index is 0.557. The number of halogens is 1. The number of hydrogen-bond acceptors (Lipinski definition) is 3. The van der Waals surface area contributed by atoms with Crippen molar-refractivity contribution < 1.29 is 9.47 Å². The van der Waals surface area contributed by atoms with Gasteiger partial charge in [0, 0.05) is 24.7 Å². The molecule has 0 bridgehead atoms. The SMILES string of the molecule is COCCN(C)C/C=C/COc1cc[c]c(-c2ccc(Br)cc2)c1. The molecule has 127 valence electrons. The van der Waals surface area contributed by atoms with Gasteiger partial charge in [-0.05, 0) is 48.5 Å². The summed E-state index contributed by atoms with van der Waals surface area (Å²) in [6, 6.07) is 17.3. The van der Waals surface area contributed by atoms with Crippen molar-refractivity contribution in [3.63, 3.8) is 0 Å². The Labute approximate surface area is 153 Å². The first-order valence-electron chi connectivity index (χ1n) is 7.92. The van der Waals surface area contributed by atoms with E-state index in [1.54, 1.807) is 7.11 Å². The Balaban J connectivity index is 1.83. The Hall–Kier alpha value is -1.62. The molecule has 0 fully saturated rings. The number of ether oxygens (including phenoxy) is 2. The molecule has 4 heteroatoms. The second-order valence-corrected chi connectivity index (χ2v) is 6.40. The highest BCUT2D eigenvalue weighted by Gasteiger charge is 2.00. The first-order valence-corrected chi connectivity index (χ1v) is 8.71. The number of rotatable bonds is 9. The summed E-state index contributed by atoms with van der Waals surface area (Å²) in [7, 11) is 3.79. The molecule has 2 rings (SSSR count). The molecule has 2 aromatic carbocycles. The standard InChI is InChI=1S/C20H23BrNO2/c1-22(13-15-23-2)12-3-4-14-24-20-7-5-6-18(16-20)17-8-10-19(21)11-9-17/h3-5,7-11,16H,12-15H2,1-2H3/b4-3+. The van der Waals surface area contributed by atoms with Crippen LogP contribution in [-0.4, -0.2) is 45.4 Å². The third-order valence-corrected chi connectivity index (χ3v) is 4.06. The third kappa shape index (κ3) is 6.48. The number of benzene rings is 2. The van der Waals surface area contributed by atoms with E-state index in [2.05, 4.69) is 52.2 Å². The molecule has 0 spiro atoms. The van der Waals surface area contributed by atoms with Gasteiger partial charge in [0.25, 0.3) is 0 Å². The van der Waals surface area contributed by atoms with Crippen LogP contribution in [-0.2, 0) is 4.74 Å². The van der Waals surface area contributed by atoms with E-state index in [9.17, 15) is 0 Å². The lowest BCUT2D eigenvalue weighted by atomic mass is 10.1. The summed E-state index contributed by atoms with van der Waals surface area (Å²) in [4.78, 5) is 2.20. The van der Waals surface area contributed by atoms with Crippen LogP contribution in [0, 0.1) is 6.07 Å². The molecule has 3 nitrogen and oxygen atoms in total. The van der Waals surface area contributed by atoms with Crippen molar-refractivity contribution in [3.8, 4) is 16.9 Å². The van der Waals surface area contributed by atoms with Gasteiger partial charge in [-0.3, -0.25) is 0 Å². The molecular formula is C20H23BrNO2. The zero-order valence-electron chi connectivity index (χ0n) is 14.2. The number of methoxy groups -OCH3 is 1. The molecule has 1 radical (unpaired) electrons. The Kier molecular flexibility index (Phi) is 8.02. The van der Waals surface area contributed by atoms with E-state index in [-0.39, 0.29) is 0 Å². The van der Waals surface area contributed by atoms with E-state index in [1.807, 2.05) is 36.4 Å². The van der Waals surface area contributed by atoms with Crippen LogP contribution in [0.5, 0.6) is 5.75 Å². The molecule has 24 heavy (non-hydrogen) atoms. The first-order chi connectivity index (χ1) is 11.7. The van der Waals surface area contributed by atoms with Gasteiger partial charge in [0.15, 0.2) is 0 Å². The van der Waals surface area contributed by atoms with E-state index in [1.165, 1.54) is 0 Å². The van der Waals surface area contributed by atoms with E-state index in [0.717, 1.165) is 41.0 Å². The average molecular weight is 389 g/mol. The Bertz CT molecular complexity index is 640. The maximum Gasteiger partial charge on any atom is 0.120 e. The summed E-state index contributed by atoms with van der Waals surface area (Å²) in [5.41, 5.74) is 2.15. The molecule has 0 aliphatic rings. The van der Waals surface area contributed by atoms with Crippen molar-refractivity contribution in [2.75, 3.05) is 40.5 Å². The summed E-state index contributed by atoms with van der Waals surface area (Å²) >= 11 is 3.45. The van der Waals surface area contributed by atoms with Gasteiger partial charge in [-0.25, -0.2) is 0 Å². The van der Waals surface area contributed by atoms with Gasteiger partial charge in [-0.2, -0.15) is 0 Å². The maximum atomic E-state index is 5.80.